The van der Waals surface area contributed by atoms with Gasteiger partial charge in [0.05, 0.1) is 6.61 Å². The fourth-order valence-electron chi connectivity index (χ4n) is 1.89. The highest BCUT2D eigenvalue weighted by Gasteiger charge is 2.11. The number of rotatable bonds is 12. The number of unbranched alkanes of at least 4 members (excludes halogenated alkanes) is 7. The molecule has 0 aliphatic carbocycles. The topological polar surface area (TPSA) is 67.4 Å². The van der Waals surface area contributed by atoms with Crippen LogP contribution >= 0.6 is 0 Å². The van der Waals surface area contributed by atoms with Crippen LogP contribution in [0.2, 0.25) is 0 Å². The Balaban J connectivity index is 3.32. The smallest absolute Gasteiger partial charge is 0.309 e. The van der Waals surface area contributed by atoms with Crippen molar-refractivity contribution in [1.82, 2.24) is 10.6 Å². The van der Waals surface area contributed by atoms with Crippen LogP contribution in [0.15, 0.2) is 0 Å². The summed E-state index contributed by atoms with van der Waals surface area (Å²) in [6.07, 6.45) is 9.76. The van der Waals surface area contributed by atoms with Crippen molar-refractivity contribution >= 4 is 11.8 Å². The molecule has 0 fully saturated rings. The first-order valence-electron chi connectivity index (χ1n) is 7.77. The van der Waals surface area contributed by atoms with Crippen LogP contribution < -0.4 is 10.6 Å². The highest BCUT2D eigenvalue weighted by molar-refractivity contribution is 6.35. The molecule has 0 saturated heterocycles. The summed E-state index contributed by atoms with van der Waals surface area (Å²) in [6.45, 7) is 3.57. The van der Waals surface area contributed by atoms with Gasteiger partial charge in [-0.05, 0) is 6.42 Å². The van der Waals surface area contributed by atoms with E-state index in [0.717, 1.165) is 12.8 Å². The van der Waals surface area contributed by atoms with Gasteiger partial charge in [0.25, 0.3) is 0 Å². The van der Waals surface area contributed by atoms with Gasteiger partial charge in [0.15, 0.2) is 0 Å². The molecule has 0 rings (SSSR count). The predicted molar refractivity (Wildman–Crippen MR) is 80.5 cm³/mol. The fraction of sp³-hybridized carbons (Fsp3) is 0.867. The lowest BCUT2D eigenvalue weighted by atomic mass is 10.1. The van der Waals surface area contributed by atoms with Crippen molar-refractivity contribution in [3.63, 3.8) is 0 Å². The van der Waals surface area contributed by atoms with E-state index in [4.69, 9.17) is 4.74 Å². The molecule has 0 aromatic carbocycles. The van der Waals surface area contributed by atoms with Gasteiger partial charge in [0.1, 0.15) is 0 Å². The van der Waals surface area contributed by atoms with E-state index in [1.165, 1.54) is 38.5 Å². The van der Waals surface area contributed by atoms with Gasteiger partial charge >= 0.3 is 11.8 Å². The van der Waals surface area contributed by atoms with Crippen LogP contribution in [0.25, 0.3) is 0 Å². The molecule has 0 aromatic heterocycles. The number of carbonyl (C=O) groups is 2. The van der Waals surface area contributed by atoms with E-state index in [2.05, 4.69) is 17.6 Å². The number of methoxy groups -OCH3 is 1. The average molecular weight is 286 g/mol. The van der Waals surface area contributed by atoms with Gasteiger partial charge in [-0.1, -0.05) is 51.9 Å². The Kier molecular flexibility index (Phi) is 13.5. The lowest BCUT2D eigenvalue weighted by Gasteiger charge is -2.06. The largest absolute Gasteiger partial charge is 0.383 e. The van der Waals surface area contributed by atoms with Crippen molar-refractivity contribution in [3.05, 3.63) is 0 Å². The minimum atomic E-state index is -0.582. The number of ether oxygens (including phenoxy) is 1. The fourth-order valence-corrected chi connectivity index (χ4v) is 1.89. The second kappa shape index (κ2) is 14.3. The van der Waals surface area contributed by atoms with Crippen molar-refractivity contribution in [2.24, 2.45) is 0 Å². The summed E-state index contributed by atoms with van der Waals surface area (Å²) in [5, 5.41) is 5.12. The van der Waals surface area contributed by atoms with Gasteiger partial charge < -0.3 is 15.4 Å². The lowest BCUT2D eigenvalue weighted by molar-refractivity contribution is -0.139. The zero-order valence-corrected chi connectivity index (χ0v) is 13.0. The predicted octanol–water partition coefficient (Wildman–Crippen LogP) is 2.01. The van der Waals surface area contributed by atoms with Crippen LogP contribution in [0, 0.1) is 0 Å². The Bertz CT molecular complexity index is 258. The summed E-state index contributed by atoms with van der Waals surface area (Å²) in [5.41, 5.74) is 0. The maximum absolute atomic E-state index is 11.4. The van der Waals surface area contributed by atoms with E-state index in [9.17, 15) is 9.59 Å². The molecule has 0 bridgehead atoms. The maximum Gasteiger partial charge on any atom is 0.309 e. The third kappa shape index (κ3) is 12.0. The normalized spacial score (nSPS) is 10.3. The molecule has 0 saturated carbocycles. The standard InChI is InChI=1S/C15H30N2O3/c1-3-4-5-6-7-8-9-10-11-16-14(18)15(19)17-12-13-20-2/h3-13H2,1-2H3,(H,16,18)(H,17,19). The van der Waals surface area contributed by atoms with Crippen LogP contribution in [-0.4, -0.2) is 38.6 Å². The zero-order valence-electron chi connectivity index (χ0n) is 13.0. The Labute approximate surface area is 122 Å². The van der Waals surface area contributed by atoms with Crippen molar-refractivity contribution < 1.29 is 14.3 Å². The molecular formula is C15H30N2O3. The van der Waals surface area contributed by atoms with Crippen molar-refractivity contribution in [2.45, 2.75) is 58.3 Å². The van der Waals surface area contributed by atoms with E-state index in [0.29, 0.717) is 19.7 Å². The van der Waals surface area contributed by atoms with E-state index < -0.39 is 11.8 Å². The first kappa shape index (κ1) is 18.9. The summed E-state index contributed by atoms with van der Waals surface area (Å²) >= 11 is 0. The minimum Gasteiger partial charge on any atom is -0.383 e. The summed E-state index contributed by atoms with van der Waals surface area (Å²) < 4.78 is 4.79. The number of carbonyl (C=O) groups excluding carboxylic acids is 2. The average Bonchev–Trinajstić information content (AvgIpc) is 2.45. The third-order valence-electron chi connectivity index (χ3n) is 3.11. The van der Waals surface area contributed by atoms with Crippen molar-refractivity contribution in [3.8, 4) is 0 Å². The van der Waals surface area contributed by atoms with Crippen LogP contribution in [-0.2, 0) is 14.3 Å². The first-order valence-corrected chi connectivity index (χ1v) is 7.77. The van der Waals surface area contributed by atoms with E-state index in [1.807, 2.05) is 0 Å². The van der Waals surface area contributed by atoms with Gasteiger partial charge in [0.2, 0.25) is 0 Å². The molecule has 0 aliphatic rings. The molecule has 0 spiro atoms. The van der Waals surface area contributed by atoms with E-state index in [-0.39, 0.29) is 0 Å². The quantitative estimate of drug-likeness (QED) is 0.426. The van der Waals surface area contributed by atoms with Crippen LogP contribution in [0.1, 0.15) is 58.3 Å². The Hall–Kier alpha value is -1.10. The molecular weight excluding hydrogens is 256 g/mol. The number of nitrogens with one attached hydrogen (secondary N) is 2. The Morgan fingerprint density at radius 3 is 1.85 bits per heavy atom. The molecule has 0 atom stereocenters. The number of hydrogen-bond donors (Lipinski definition) is 2. The maximum atomic E-state index is 11.4. The molecule has 118 valence electrons. The Morgan fingerprint density at radius 1 is 0.800 bits per heavy atom. The third-order valence-corrected chi connectivity index (χ3v) is 3.11. The van der Waals surface area contributed by atoms with Gasteiger partial charge in [0, 0.05) is 20.2 Å². The molecule has 2 N–H and O–H groups in total. The SMILES string of the molecule is CCCCCCCCCCNC(=O)C(=O)NCCOC. The van der Waals surface area contributed by atoms with Crippen LogP contribution in [0.5, 0.6) is 0 Å². The second-order valence-corrected chi connectivity index (χ2v) is 4.98. The molecule has 0 aromatic rings. The summed E-state index contributed by atoms with van der Waals surface area (Å²) in [4.78, 5) is 22.7. The first-order chi connectivity index (χ1) is 9.72. The number of hydrogen-bond acceptors (Lipinski definition) is 3. The van der Waals surface area contributed by atoms with Gasteiger partial charge in [-0.25, -0.2) is 0 Å². The monoisotopic (exact) mass is 286 g/mol. The number of amides is 2. The van der Waals surface area contributed by atoms with Crippen molar-refractivity contribution in [2.75, 3.05) is 26.8 Å². The summed E-state index contributed by atoms with van der Waals surface area (Å²) in [5.74, 6) is -1.13. The zero-order chi connectivity index (χ0) is 15.1. The minimum absolute atomic E-state index is 0.362. The Morgan fingerprint density at radius 2 is 1.30 bits per heavy atom. The molecule has 0 unspecified atom stereocenters. The highest BCUT2D eigenvalue weighted by Crippen LogP contribution is 2.07. The molecule has 0 radical (unpaired) electrons. The summed E-state index contributed by atoms with van der Waals surface area (Å²) in [7, 11) is 1.55. The second-order valence-electron chi connectivity index (χ2n) is 4.98. The van der Waals surface area contributed by atoms with Gasteiger partial charge in [-0.3, -0.25) is 9.59 Å². The molecule has 0 aliphatic heterocycles. The van der Waals surface area contributed by atoms with Crippen molar-refractivity contribution in [1.29, 1.82) is 0 Å². The molecule has 2 amide bonds. The van der Waals surface area contributed by atoms with E-state index in [1.54, 1.807) is 7.11 Å². The highest BCUT2D eigenvalue weighted by atomic mass is 16.5. The van der Waals surface area contributed by atoms with Gasteiger partial charge in [-0.15, -0.1) is 0 Å². The molecule has 20 heavy (non-hydrogen) atoms. The molecule has 0 heterocycles. The summed E-state index contributed by atoms with van der Waals surface area (Å²) in [6, 6.07) is 0. The van der Waals surface area contributed by atoms with Crippen LogP contribution in [0.3, 0.4) is 0 Å². The molecule has 5 heteroatoms. The molecule has 5 nitrogen and oxygen atoms in total. The van der Waals surface area contributed by atoms with Gasteiger partial charge in [-0.2, -0.15) is 0 Å². The lowest BCUT2D eigenvalue weighted by Crippen LogP contribution is -2.41. The van der Waals surface area contributed by atoms with Crippen LogP contribution in [0.4, 0.5) is 0 Å². The van der Waals surface area contributed by atoms with E-state index >= 15 is 0 Å².